The van der Waals surface area contributed by atoms with Gasteiger partial charge in [-0.3, -0.25) is 50.0 Å². The summed E-state index contributed by atoms with van der Waals surface area (Å²) in [5.41, 5.74) is 1.66. The maximum absolute atomic E-state index is 13.1. The summed E-state index contributed by atoms with van der Waals surface area (Å²) < 4.78 is 0. The average molecular weight is 605 g/mol. The van der Waals surface area contributed by atoms with Crippen LogP contribution >= 0.6 is 0 Å². The standard InChI is InChI=1S/C30H15N5O10/c36-11-1-6-16-21-22-17(26(6)31(11)41)7-2-13(38)33(43)28(7)19-9-4-15(40)35(45)30(9)20-10-5-14(39)34(44)29(10)18(23(21)25(20)24(19)22)8-3-12(37)32(42)27(8)16/h41-45H,1-5H2. The van der Waals surface area contributed by atoms with Gasteiger partial charge < -0.3 is 0 Å². The number of amides is 5. The SMILES string of the molecule is O=C1Cc2c(c3c4c(c5c6c(c7c8c(c9c%10c(c2c2c3c5c7c92)N(O)C(=O)C%10)N(O)C(=O)C8)N(O)C(=O)C6)N(O)C(=O)C4)N1O. The van der Waals surface area contributed by atoms with Crippen molar-refractivity contribution in [2.24, 2.45) is 0 Å². The lowest BCUT2D eigenvalue weighted by molar-refractivity contribution is -0.122. The van der Waals surface area contributed by atoms with Crippen molar-refractivity contribution in [3.8, 4) is 0 Å². The van der Waals surface area contributed by atoms with E-state index in [-0.39, 0.29) is 88.4 Å². The summed E-state index contributed by atoms with van der Waals surface area (Å²) in [4.78, 5) is 65.5. The van der Waals surface area contributed by atoms with Crippen LogP contribution in [0.15, 0.2) is 0 Å². The highest BCUT2D eigenvalue weighted by Gasteiger charge is 2.48. The fourth-order valence-electron chi connectivity index (χ4n) is 9.07. The second-order valence-electron chi connectivity index (χ2n) is 12.3. The van der Waals surface area contributed by atoms with Crippen LogP contribution in [0.2, 0.25) is 0 Å². The molecular formula is C30H15N5O10. The molecular weight excluding hydrogens is 590 g/mol. The molecule has 11 rings (SSSR count). The Balaban J connectivity index is 1.57. The first-order valence-electron chi connectivity index (χ1n) is 14.0. The van der Waals surface area contributed by atoms with E-state index in [0.29, 0.717) is 79.2 Å². The number of rotatable bonds is 0. The molecule has 5 amide bonds. The first-order chi connectivity index (χ1) is 21.5. The van der Waals surface area contributed by atoms with E-state index in [9.17, 15) is 50.0 Å². The van der Waals surface area contributed by atoms with E-state index in [1.807, 2.05) is 0 Å². The monoisotopic (exact) mass is 605 g/mol. The molecule has 0 aromatic heterocycles. The lowest BCUT2D eigenvalue weighted by Gasteiger charge is -2.21. The van der Waals surface area contributed by atoms with Crippen LogP contribution in [0.5, 0.6) is 0 Å². The van der Waals surface area contributed by atoms with Gasteiger partial charge in [0, 0.05) is 53.9 Å². The topological polar surface area (TPSA) is 203 Å². The molecule has 5 N–H and O–H groups in total. The van der Waals surface area contributed by atoms with E-state index in [1.54, 1.807) is 0 Å². The van der Waals surface area contributed by atoms with Crippen LogP contribution in [0.4, 0.5) is 28.4 Å². The minimum atomic E-state index is -0.692. The van der Waals surface area contributed by atoms with Gasteiger partial charge in [-0.05, 0) is 27.8 Å². The largest absolute Gasteiger partial charge is 0.281 e. The molecule has 0 bridgehead atoms. The third kappa shape index (κ3) is 2.16. The molecule has 5 heterocycles. The predicted octanol–water partition coefficient (Wildman–Crippen LogP) is 2.16. The number of fused-ring (bicyclic) bond motifs is 15. The minimum absolute atomic E-state index is 0.0471. The molecule has 0 aliphatic carbocycles. The van der Waals surface area contributed by atoms with E-state index in [0.717, 1.165) is 0 Å². The van der Waals surface area contributed by atoms with E-state index in [2.05, 4.69) is 0 Å². The van der Waals surface area contributed by atoms with Crippen LogP contribution in [-0.2, 0) is 56.1 Å². The fourth-order valence-corrected chi connectivity index (χ4v) is 9.07. The quantitative estimate of drug-likeness (QED) is 0.126. The molecule has 15 heteroatoms. The highest BCUT2D eigenvalue weighted by molar-refractivity contribution is 6.53. The van der Waals surface area contributed by atoms with Gasteiger partial charge in [0.15, 0.2) is 0 Å². The zero-order chi connectivity index (χ0) is 30.9. The molecule has 6 aromatic carbocycles. The molecule has 6 aromatic rings. The van der Waals surface area contributed by atoms with Gasteiger partial charge in [0.25, 0.3) is 29.5 Å². The van der Waals surface area contributed by atoms with Crippen molar-refractivity contribution in [3.05, 3.63) is 27.8 Å². The number of benzene rings is 5. The second-order valence-corrected chi connectivity index (χ2v) is 12.3. The van der Waals surface area contributed by atoms with Gasteiger partial charge in [0.05, 0.1) is 60.5 Å². The highest BCUT2D eigenvalue weighted by Crippen LogP contribution is 2.65. The molecule has 0 unspecified atom stereocenters. The second kappa shape index (κ2) is 6.78. The summed E-state index contributed by atoms with van der Waals surface area (Å²) in [6, 6.07) is 0. The number of hydrogen-bond donors (Lipinski definition) is 5. The summed E-state index contributed by atoms with van der Waals surface area (Å²) >= 11 is 0. The molecule has 0 fully saturated rings. The van der Waals surface area contributed by atoms with E-state index >= 15 is 0 Å². The predicted molar refractivity (Wildman–Crippen MR) is 152 cm³/mol. The molecule has 0 saturated heterocycles. The summed E-state index contributed by atoms with van der Waals surface area (Å²) in [5.74, 6) is -3.46. The lowest BCUT2D eigenvalue weighted by Crippen LogP contribution is -2.22. The Hall–Kier alpha value is -5.45. The number of hydrogen-bond acceptors (Lipinski definition) is 10. The molecule has 15 nitrogen and oxygen atoms in total. The summed E-state index contributed by atoms with van der Waals surface area (Å²) in [7, 11) is 0. The third-order valence-corrected chi connectivity index (χ3v) is 10.5. The molecule has 0 saturated carbocycles. The maximum atomic E-state index is 13.1. The lowest BCUT2D eigenvalue weighted by atomic mass is 9.87. The van der Waals surface area contributed by atoms with Crippen molar-refractivity contribution in [3.63, 3.8) is 0 Å². The van der Waals surface area contributed by atoms with Crippen molar-refractivity contribution in [1.82, 2.24) is 0 Å². The van der Waals surface area contributed by atoms with Gasteiger partial charge in [-0.15, -0.1) is 0 Å². The number of hydroxylamine groups is 5. The van der Waals surface area contributed by atoms with Gasteiger partial charge in [-0.2, -0.15) is 25.3 Å². The van der Waals surface area contributed by atoms with Crippen LogP contribution in [-0.4, -0.2) is 55.6 Å². The van der Waals surface area contributed by atoms with Crippen LogP contribution in [0.3, 0.4) is 0 Å². The minimum Gasteiger partial charge on any atom is -0.281 e. The molecule has 0 atom stereocenters. The molecule has 0 radical (unpaired) electrons. The summed E-state index contributed by atoms with van der Waals surface area (Å²) in [6.07, 6.45) is -1.57. The van der Waals surface area contributed by atoms with E-state index < -0.39 is 29.5 Å². The fraction of sp³-hybridized carbons (Fsp3) is 0.167. The zero-order valence-electron chi connectivity index (χ0n) is 22.5. The van der Waals surface area contributed by atoms with Gasteiger partial charge in [-0.1, -0.05) is 0 Å². The van der Waals surface area contributed by atoms with Crippen LogP contribution < -0.4 is 25.3 Å². The number of nitrogens with zero attached hydrogens (tertiary/aromatic N) is 5. The molecule has 5 aliphatic rings. The van der Waals surface area contributed by atoms with E-state index in [4.69, 9.17) is 0 Å². The first-order valence-corrected chi connectivity index (χ1v) is 14.0. The first kappa shape index (κ1) is 23.9. The Morgan fingerprint density at radius 1 is 0.289 bits per heavy atom. The summed E-state index contributed by atoms with van der Waals surface area (Å²) in [5, 5.41) is 62.0. The molecule has 220 valence electrons. The Bertz CT molecular complexity index is 2170. The van der Waals surface area contributed by atoms with E-state index in [1.165, 1.54) is 0 Å². The average Bonchev–Trinajstić information content (AvgIpc) is 3.81. The number of carbonyl (C=O) groups is 5. The maximum Gasteiger partial charge on any atom is 0.255 e. The van der Waals surface area contributed by atoms with Crippen molar-refractivity contribution in [2.45, 2.75) is 32.1 Å². The Morgan fingerprint density at radius 3 is 0.600 bits per heavy atom. The van der Waals surface area contributed by atoms with Crippen molar-refractivity contribution >= 4 is 112 Å². The zero-order valence-corrected chi connectivity index (χ0v) is 22.5. The van der Waals surface area contributed by atoms with Crippen molar-refractivity contribution in [1.29, 1.82) is 0 Å². The molecule has 45 heavy (non-hydrogen) atoms. The van der Waals surface area contributed by atoms with Crippen molar-refractivity contribution in [2.75, 3.05) is 25.3 Å². The van der Waals surface area contributed by atoms with Crippen molar-refractivity contribution < 1.29 is 50.0 Å². The van der Waals surface area contributed by atoms with Gasteiger partial charge in [0.1, 0.15) is 0 Å². The molecule has 0 spiro atoms. The Kier molecular flexibility index (Phi) is 3.61. The Morgan fingerprint density at radius 2 is 0.444 bits per heavy atom. The van der Waals surface area contributed by atoms with Crippen LogP contribution in [0.25, 0.3) is 53.9 Å². The normalized spacial score (nSPS) is 19.2. The third-order valence-electron chi connectivity index (χ3n) is 10.5. The smallest absolute Gasteiger partial charge is 0.255 e. The Labute approximate surface area is 247 Å². The summed E-state index contributed by atoms with van der Waals surface area (Å²) in [6.45, 7) is 0. The van der Waals surface area contributed by atoms with Gasteiger partial charge in [0.2, 0.25) is 0 Å². The van der Waals surface area contributed by atoms with Gasteiger partial charge >= 0.3 is 0 Å². The molecule has 5 aliphatic heterocycles. The highest BCUT2D eigenvalue weighted by atomic mass is 16.5. The van der Waals surface area contributed by atoms with Gasteiger partial charge in [-0.25, -0.2) is 0 Å². The van der Waals surface area contributed by atoms with Crippen LogP contribution in [0.1, 0.15) is 27.8 Å². The van der Waals surface area contributed by atoms with Crippen LogP contribution in [0, 0.1) is 0 Å². The number of anilines is 5. The number of carbonyl (C=O) groups excluding carboxylic acids is 5.